The number of benzene rings is 1. The minimum Gasteiger partial charge on any atom is -0.381 e. The van der Waals surface area contributed by atoms with Crippen LogP contribution in [0.2, 0.25) is 0 Å². The van der Waals surface area contributed by atoms with Crippen LogP contribution in [0, 0.1) is 5.92 Å². The van der Waals surface area contributed by atoms with Crippen LogP contribution >= 0.6 is 11.3 Å². The first-order valence-corrected chi connectivity index (χ1v) is 12.7. The average Bonchev–Trinajstić information content (AvgIpc) is 3.47. The van der Waals surface area contributed by atoms with Gasteiger partial charge in [-0.1, -0.05) is 12.1 Å². The van der Waals surface area contributed by atoms with E-state index in [1.54, 1.807) is 30.5 Å². The molecule has 9 heteroatoms. The zero-order valence-corrected chi connectivity index (χ0v) is 18.3. The van der Waals surface area contributed by atoms with Crippen molar-refractivity contribution in [1.82, 2.24) is 4.98 Å². The number of anilines is 1. The molecule has 1 aromatic carbocycles. The number of rotatable bonds is 7. The third-order valence-electron chi connectivity index (χ3n) is 5.83. The SMILES string of the molecule is O=C(Nc1nccs1)C(CC1CCOCC1)c1ccc(S(=O)(=O)C2CCOC2)cc1. The van der Waals surface area contributed by atoms with Gasteiger partial charge >= 0.3 is 0 Å². The average molecular weight is 451 g/mol. The second-order valence-electron chi connectivity index (χ2n) is 7.77. The highest BCUT2D eigenvalue weighted by atomic mass is 32.2. The van der Waals surface area contributed by atoms with Gasteiger partial charge in [0.25, 0.3) is 0 Å². The molecule has 2 aliphatic heterocycles. The van der Waals surface area contributed by atoms with Gasteiger partial charge in [0.15, 0.2) is 15.0 Å². The lowest BCUT2D eigenvalue weighted by Crippen LogP contribution is -2.26. The predicted molar refractivity (Wildman–Crippen MR) is 114 cm³/mol. The fourth-order valence-corrected chi connectivity index (χ4v) is 6.14. The van der Waals surface area contributed by atoms with Crippen LogP contribution in [-0.4, -0.2) is 51.0 Å². The van der Waals surface area contributed by atoms with Gasteiger partial charge in [-0.3, -0.25) is 4.79 Å². The zero-order valence-electron chi connectivity index (χ0n) is 16.7. The van der Waals surface area contributed by atoms with Gasteiger partial charge in [-0.15, -0.1) is 11.3 Å². The van der Waals surface area contributed by atoms with Gasteiger partial charge < -0.3 is 14.8 Å². The van der Waals surface area contributed by atoms with Crippen molar-refractivity contribution < 1.29 is 22.7 Å². The Hall–Kier alpha value is -1.81. The second-order valence-corrected chi connectivity index (χ2v) is 10.9. The largest absolute Gasteiger partial charge is 0.381 e. The molecule has 2 aromatic rings. The standard InChI is InChI=1S/C21H26N2O5S2/c24-20(23-21-22-8-12-29-21)19(13-15-5-9-27-10-6-15)16-1-3-17(4-2-16)30(25,26)18-7-11-28-14-18/h1-4,8,12,15,18-19H,5-7,9-11,13-14H2,(H,22,23,24). The van der Waals surface area contributed by atoms with Crippen molar-refractivity contribution in [2.24, 2.45) is 5.92 Å². The fourth-order valence-electron chi connectivity index (χ4n) is 4.03. The van der Waals surface area contributed by atoms with Crippen molar-refractivity contribution in [3.05, 3.63) is 41.4 Å². The van der Waals surface area contributed by atoms with Crippen molar-refractivity contribution in [2.75, 3.05) is 31.7 Å². The van der Waals surface area contributed by atoms with E-state index in [2.05, 4.69) is 10.3 Å². The molecule has 1 aromatic heterocycles. The van der Waals surface area contributed by atoms with Crippen LogP contribution < -0.4 is 5.32 Å². The lowest BCUT2D eigenvalue weighted by molar-refractivity contribution is -0.118. The summed E-state index contributed by atoms with van der Waals surface area (Å²) in [6, 6.07) is 6.79. The number of nitrogens with one attached hydrogen (secondary N) is 1. The number of carbonyl (C=O) groups excluding carboxylic acids is 1. The van der Waals surface area contributed by atoms with Gasteiger partial charge in [0.2, 0.25) is 5.91 Å². The van der Waals surface area contributed by atoms with Crippen LogP contribution in [0.3, 0.4) is 0 Å². The predicted octanol–water partition coefficient (Wildman–Crippen LogP) is 3.24. The van der Waals surface area contributed by atoms with Crippen molar-refractivity contribution in [3.63, 3.8) is 0 Å². The Morgan fingerprint density at radius 2 is 1.87 bits per heavy atom. The Morgan fingerprint density at radius 1 is 1.13 bits per heavy atom. The number of nitrogens with zero attached hydrogens (tertiary/aromatic N) is 1. The Kier molecular flexibility index (Phi) is 6.82. The van der Waals surface area contributed by atoms with Gasteiger partial charge in [0.05, 0.1) is 22.7 Å². The van der Waals surface area contributed by atoms with Crippen molar-refractivity contribution in [1.29, 1.82) is 0 Å². The molecule has 4 rings (SSSR count). The van der Waals surface area contributed by atoms with E-state index in [-0.39, 0.29) is 23.3 Å². The van der Waals surface area contributed by atoms with Gasteiger partial charge in [0, 0.05) is 31.4 Å². The van der Waals surface area contributed by atoms with Gasteiger partial charge in [-0.2, -0.15) is 0 Å². The molecule has 2 fully saturated rings. The summed E-state index contributed by atoms with van der Waals surface area (Å²) in [5.74, 6) is -0.0929. The van der Waals surface area contributed by atoms with E-state index in [1.165, 1.54) is 11.3 Å². The van der Waals surface area contributed by atoms with E-state index in [0.717, 1.165) is 18.4 Å². The summed E-state index contributed by atoms with van der Waals surface area (Å²) < 4.78 is 36.3. The third-order valence-corrected chi connectivity index (χ3v) is 8.69. The molecule has 162 valence electrons. The van der Waals surface area contributed by atoms with E-state index < -0.39 is 15.1 Å². The maximum Gasteiger partial charge on any atom is 0.233 e. The molecule has 2 atom stereocenters. The summed E-state index contributed by atoms with van der Waals surface area (Å²) in [6.45, 7) is 2.15. The monoisotopic (exact) mass is 450 g/mol. The molecule has 2 aliphatic rings. The van der Waals surface area contributed by atoms with E-state index in [4.69, 9.17) is 9.47 Å². The minimum atomic E-state index is -3.42. The Bertz CT molecular complexity index is 932. The first-order chi connectivity index (χ1) is 14.5. The first-order valence-electron chi connectivity index (χ1n) is 10.2. The molecule has 7 nitrogen and oxygen atoms in total. The smallest absolute Gasteiger partial charge is 0.233 e. The summed E-state index contributed by atoms with van der Waals surface area (Å²) in [6.07, 6.45) is 4.72. The Morgan fingerprint density at radius 3 is 2.50 bits per heavy atom. The van der Waals surface area contributed by atoms with E-state index >= 15 is 0 Å². The lowest BCUT2D eigenvalue weighted by atomic mass is 9.84. The van der Waals surface area contributed by atoms with Crippen LogP contribution in [-0.2, 0) is 24.1 Å². The molecule has 0 radical (unpaired) electrons. The van der Waals surface area contributed by atoms with Crippen LogP contribution in [0.1, 0.15) is 37.2 Å². The van der Waals surface area contributed by atoms with Crippen LogP contribution in [0.15, 0.2) is 40.7 Å². The molecular formula is C21H26N2O5S2. The number of thiazole rings is 1. The molecule has 0 spiro atoms. The number of carbonyl (C=O) groups is 1. The van der Waals surface area contributed by atoms with E-state index in [0.29, 0.717) is 43.7 Å². The summed E-state index contributed by atoms with van der Waals surface area (Å²) in [7, 11) is -3.42. The quantitative estimate of drug-likeness (QED) is 0.696. The van der Waals surface area contributed by atoms with Gasteiger partial charge in [-0.25, -0.2) is 13.4 Å². The molecular weight excluding hydrogens is 424 g/mol. The number of sulfone groups is 1. The van der Waals surface area contributed by atoms with Crippen molar-refractivity contribution >= 4 is 32.2 Å². The number of ether oxygens (including phenoxy) is 2. The third kappa shape index (κ3) is 4.91. The maximum atomic E-state index is 13.1. The molecule has 0 saturated carbocycles. The second kappa shape index (κ2) is 9.55. The molecule has 30 heavy (non-hydrogen) atoms. The highest BCUT2D eigenvalue weighted by molar-refractivity contribution is 7.92. The first kappa shape index (κ1) is 21.4. The molecule has 2 unspecified atom stereocenters. The molecule has 1 N–H and O–H groups in total. The van der Waals surface area contributed by atoms with Crippen molar-refractivity contribution in [3.8, 4) is 0 Å². The van der Waals surface area contributed by atoms with Crippen LogP contribution in [0.25, 0.3) is 0 Å². The number of hydrogen-bond acceptors (Lipinski definition) is 7. The summed E-state index contributed by atoms with van der Waals surface area (Å²) in [5.41, 5.74) is 0.817. The van der Waals surface area contributed by atoms with E-state index in [1.807, 2.05) is 5.38 Å². The zero-order chi connectivity index (χ0) is 21.0. The van der Waals surface area contributed by atoms with Gasteiger partial charge in [-0.05, 0) is 49.3 Å². The lowest BCUT2D eigenvalue weighted by Gasteiger charge is -2.26. The number of hydrogen-bond donors (Lipinski definition) is 1. The molecule has 3 heterocycles. The Balaban J connectivity index is 1.55. The Labute approximate surface area is 180 Å². The van der Waals surface area contributed by atoms with Crippen LogP contribution in [0.4, 0.5) is 5.13 Å². The van der Waals surface area contributed by atoms with Gasteiger partial charge in [0.1, 0.15) is 0 Å². The topological polar surface area (TPSA) is 94.6 Å². The molecule has 2 saturated heterocycles. The maximum absolute atomic E-state index is 13.1. The highest BCUT2D eigenvalue weighted by Gasteiger charge is 2.32. The molecule has 0 bridgehead atoms. The fraction of sp³-hybridized carbons (Fsp3) is 0.524. The highest BCUT2D eigenvalue weighted by Crippen LogP contribution is 2.32. The minimum absolute atomic E-state index is 0.115. The molecule has 0 aliphatic carbocycles. The van der Waals surface area contributed by atoms with Crippen molar-refractivity contribution in [2.45, 2.75) is 41.7 Å². The van der Waals surface area contributed by atoms with E-state index in [9.17, 15) is 13.2 Å². The number of aromatic nitrogens is 1. The summed E-state index contributed by atoms with van der Waals surface area (Å²) in [4.78, 5) is 17.5. The summed E-state index contributed by atoms with van der Waals surface area (Å²) in [5, 5.41) is 4.79. The normalized spacial score (nSPS) is 21.4. The van der Waals surface area contributed by atoms with Crippen LogP contribution in [0.5, 0.6) is 0 Å². The number of amides is 1. The molecule has 1 amide bonds. The summed E-state index contributed by atoms with van der Waals surface area (Å²) >= 11 is 1.38.